The van der Waals surface area contributed by atoms with E-state index in [0.717, 1.165) is 38.4 Å². The molecule has 0 aliphatic carbocycles. The number of hydrogen-bond donors (Lipinski definition) is 1. The second-order valence-corrected chi connectivity index (χ2v) is 5.04. The topological polar surface area (TPSA) is 64.8 Å². The van der Waals surface area contributed by atoms with Crippen LogP contribution in [0, 0.1) is 17.2 Å². The molecule has 1 aliphatic heterocycles. The average molecular weight is 259 g/mol. The summed E-state index contributed by atoms with van der Waals surface area (Å²) in [5.74, 6) is 1.37. The monoisotopic (exact) mass is 259 g/mol. The van der Waals surface area contributed by atoms with Crippen molar-refractivity contribution in [2.24, 2.45) is 5.92 Å². The lowest BCUT2D eigenvalue weighted by Gasteiger charge is -2.30. The number of rotatable bonds is 5. The Morgan fingerprint density at radius 1 is 1.58 bits per heavy atom. The lowest BCUT2D eigenvalue weighted by Crippen LogP contribution is -2.39. The van der Waals surface area contributed by atoms with Gasteiger partial charge in [-0.1, -0.05) is 6.92 Å². The molecule has 1 aromatic heterocycles. The summed E-state index contributed by atoms with van der Waals surface area (Å²) in [4.78, 5) is 2.21. The molecule has 1 aromatic rings. The van der Waals surface area contributed by atoms with Crippen LogP contribution in [0.1, 0.15) is 31.7 Å². The first-order valence-electron chi connectivity index (χ1n) is 7.02. The Kier molecular flexibility index (Phi) is 5.10. The molecule has 0 bridgehead atoms. The van der Waals surface area contributed by atoms with Gasteiger partial charge in [0.05, 0.1) is 11.8 Å². The van der Waals surface area contributed by atoms with Gasteiger partial charge in [-0.3, -0.25) is 0 Å². The quantitative estimate of drug-likeness (QED) is 0.869. The summed E-state index contributed by atoms with van der Waals surface area (Å²) < 4.78 is 0. The summed E-state index contributed by atoms with van der Waals surface area (Å²) in [5, 5.41) is 20.7. The van der Waals surface area contributed by atoms with Gasteiger partial charge in [-0.2, -0.15) is 10.4 Å². The van der Waals surface area contributed by atoms with Crippen LogP contribution in [0.25, 0.3) is 0 Å². The highest BCUT2D eigenvalue weighted by Gasteiger charge is 2.19. The molecule has 2 heterocycles. The van der Waals surface area contributed by atoms with Crippen LogP contribution in [-0.2, 0) is 0 Å². The molecule has 1 atom stereocenters. The Balaban J connectivity index is 2.12. The van der Waals surface area contributed by atoms with E-state index < -0.39 is 0 Å². The number of piperidine rings is 1. The zero-order valence-corrected chi connectivity index (χ0v) is 11.5. The van der Waals surface area contributed by atoms with Gasteiger partial charge < -0.3 is 10.2 Å². The smallest absolute Gasteiger partial charge is 0.169 e. The molecule has 5 heteroatoms. The molecular weight excluding hydrogens is 238 g/mol. The fourth-order valence-corrected chi connectivity index (χ4v) is 2.59. The number of nitriles is 1. The van der Waals surface area contributed by atoms with Crippen LogP contribution in [0.5, 0.6) is 0 Å². The number of anilines is 1. The summed E-state index contributed by atoms with van der Waals surface area (Å²) >= 11 is 0. The zero-order chi connectivity index (χ0) is 13.5. The van der Waals surface area contributed by atoms with Crippen molar-refractivity contribution in [1.82, 2.24) is 15.5 Å². The zero-order valence-electron chi connectivity index (χ0n) is 11.5. The molecule has 0 amide bonds. The van der Waals surface area contributed by atoms with Crippen molar-refractivity contribution < 1.29 is 0 Å². The van der Waals surface area contributed by atoms with Crippen LogP contribution in [0.3, 0.4) is 0 Å². The molecule has 1 fully saturated rings. The van der Waals surface area contributed by atoms with Crippen molar-refractivity contribution in [2.75, 3.05) is 31.1 Å². The second-order valence-electron chi connectivity index (χ2n) is 5.04. The predicted octanol–water partition coefficient (Wildman–Crippen LogP) is 1.56. The van der Waals surface area contributed by atoms with Gasteiger partial charge in [-0.25, -0.2) is 0 Å². The molecule has 19 heavy (non-hydrogen) atoms. The first-order chi connectivity index (χ1) is 9.35. The standard InChI is InChI=1S/C14H21N5/c1-2-8-19(11-12-4-3-6-16-10-12)14-13(9-15)5-7-17-18-14/h5,7,12,16H,2-4,6,8,10-11H2,1H3. The Labute approximate surface area is 114 Å². The van der Waals surface area contributed by atoms with E-state index in [9.17, 15) is 5.26 Å². The first-order valence-corrected chi connectivity index (χ1v) is 7.02. The first kappa shape index (κ1) is 13.8. The van der Waals surface area contributed by atoms with Crippen molar-refractivity contribution in [2.45, 2.75) is 26.2 Å². The maximum absolute atomic E-state index is 9.18. The highest BCUT2D eigenvalue weighted by molar-refractivity contribution is 5.52. The predicted molar refractivity (Wildman–Crippen MR) is 74.8 cm³/mol. The van der Waals surface area contributed by atoms with E-state index in [1.165, 1.54) is 12.8 Å². The van der Waals surface area contributed by atoms with E-state index in [1.54, 1.807) is 12.3 Å². The third kappa shape index (κ3) is 3.65. The molecule has 2 rings (SSSR count). The molecule has 1 unspecified atom stereocenters. The summed E-state index contributed by atoms with van der Waals surface area (Å²) in [7, 11) is 0. The van der Waals surface area contributed by atoms with Crippen molar-refractivity contribution in [3.8, 4) is 6.07 Å². The van der Waals surface area contributed by atoms with Gasteiger partial charge in [0.25, 0.3) is 0 Å². The third-order valence-electron chi connectivity index (χ3n) is 3.49. The molecule has 0 spiro atoms. The summed E-state index contributed by atoms with van der Waals surface area (Å²) in [5.41, 5.74) is 0.618. The summed E-state index contributed by atoms with van der Waals surface area (Å²) in [6, 6.07) is 3.95. The van der Waals surface area contributed by atoms with E-state index in [-0.39, 0.29) is 0 Å². The largest absolute Gasteiger partial charge is 0.354 e. The second kappa shape index (κ2) is 7.05. The van der Waals surface area contributed by atoms with Gasteiger partial charge in [0.2, 0.25) is 0 Å². The Morgan fingerprint density at radius 3 is 3.16 bits per heavy atom. The number of aromatic nitrogens is 2. The highest BCUT2D eigenvalue weighted by atomic mass is 15.3. The van der Waals surface area contributed by atoms with Gasteiger partial charge in [0, 0.05) is 13.1 Å². The minimum atomic E-state index is 0.618. The van der Waals surface area contributed by atoms with Gasteiger partial charge in [0.15, 0.2) is 5.82 Å². The van der Waals surface area contributed by atoms with Gasteiger partial charge in [0.1, 0.15) is 6.07 Å². The van der Waals surface area contributed by atoms with Crippen LogP contribution in [0.4, 0.5) is 5.82 Å². The minimum Gasteiger partial charge on any atom is -0.354 e. The van der Waals surface area contributed by atoms with E-state index in [0.29, 0.717) is 11.5 Å². The van der Waals surface area contributed by atoms with Crippen LogP contribution in [0.15, 0.2) is 12.3 Å². The molecule has 5 nitrogen and oxygen atoms in total. The molecule has 1 aliphatic rings. The molecule has 0 saturated carbocycles. The van der Waals surface area contributed by atoms with E-state index in [2.05, 4.69) is 33.4 Å². The Morgan fingerprint density at radius 2 is 2.47 bits per heavy atom. The van der Waals surface area contributed by atoms with Crippen LogP contribution >= 0.6 is 0 Å². The van der Waals surface area contributed by atoms with Crippen LogP contribution in [-0.4, -0.2) is 36.4 Å². The summed E-state index contributed by atoms with van der Waals surface area (Å²) in [6.45, 7) is 6.20. The molecule has 1 saturated heterocycles. The molecule has 0 aromatic carbocycles. The fourth-order valence-electron chi connectivity index (χ4n) is 2.59. The number of nitrogens with zero attached hydrogens (tertiary/aromatic N) is 4. The molecule has 0 radical (unpaired) electrons. The minimum absolute atomic E-state index is 0.618. The van der Waals surface area contributed by atoms with Crippen molar-refractivity contribution in [3.05, 3.63) is 17.8 Å². The van der Waals surface area contributed by atoms with Gasteiger partial charge in [-0.05, 0) is 44.3 Å². The highest BCUT2D eigenvalue weighted by Crippen LogP contribution is 2.19. The number of hydrogen-bond acceptors (Lipinski definition) is 5. The average Bonchev–Trinajstić information content (AvgIpc) is 2.48. The number of nitrogens with one attached hydrogen (secondary N) is 1. The SMILES string of the molecule is CCCN(CC1CCCNC1)c1nnccc1C#N. The fraction of sp³-hybridized carbons (Fsp3) is 0.643. The third-order valence-corrected chi connectivity index (χ3v) is 3.49. The Bertz CT molecular complexity index is 434. The molecule has 102 valence electrons. The van der Waals surface area contributed by atoms with Gasteiger partial charge in [-0.15, -0.1) is 5.10 Å². The van der Waals surface area contributed by atoms with Crippen molar-refractivity contribution in [1.29, 1.82) is 5.26 Å². The lowest BCUT2D eigenvalue weighted by molar-refractivity contribution is 0.375. The maximum Gasteiger partial charge on any atom is 0.169 e. The molecule has 1 N–H and O–H groups in total. The lowest BCUT2D eigenvalue weighted by atomic mass is 9.99. The summed E-state index contributed by atoms with van der Waals surface area (Å²) in [6.07, 6.45) is 5.10. The van der Waals surface area contributed by atoms with Crippen molar-refractivity contribution in [3.63, 3.8) is 0 Å². The van der Waals surface area contributed by atoms with Crippen LogP contribution in [0.2, 0.25) is 0 Å². The Hall–Kier alpha value is -1.67. The van der Waals surface area contributed by atoms with Crippen molar-refractivity contribution >= 4 is 5.82 Å². The van der Waals surface area contributed by atoms with Crippen LogP contribution < -0.4 is 10.2 Å². The van der Waals surface area contributed by atoms with E-state index >= 15 is 0 Å². The van der Waals surface area contributed by atoms with E-state index in [4.69, 9.17) is 0 Å². The maximum atomic E-state index is 9.18. The van der Waals surface area contributed by atoms with E-state index in [1.807, 2.05) is 0 Å². The van der Waals surface area contributed by atoms with Gasteiger partial charge >= 0.3 is 0 Å². The molecular formula is C14H21N5. The normalized spacial score (nSPS) is 18.8.